The van der Waals surface area contributed by atoms with Crippen LogP contribution < -0.4 is 5.32 Å². The Labute approximate surface area is 136 Å². The fourth-order valence-electron chi connectivity index (χ4n) is 2.75. The molecule has 0 amide bonds. The number of hydrogen-bond acceptors (Lipinski definition) is 2. The second-order valence-corrected chi connectivity index (χ2v) is 6.95. The van der Waals surface area contributed by atoms with Gasteiger partial charge in [0, 0.05) is 16.3 Å². The summed E-state index contributed by atoms with van der Waals surface area (Å²) in [5, 5.41) is 4.17. The lowest BCUT2D eigenvalue weighted by Crippen LogP contribution is -2.11. The summed E-state index contributed by atoms with van der Waals surface area (Å²) in [6.07, 6.45) is 3.75. The molecular formula is C18H20ClNS. The maximum Gasteiger partial charge on any atom is 0.0548 e. The fourth-order valence-corrected chi connectivity index (χ4v) is 3.95. The van der Waals surface area contributed by atoms with Crippen LogP contribution in [0.3, 0.4) is 0 Å². The van der Waals surface area contributed by atoms with Crippen LogP contribution in [0.15, 0.2) is 46.2 Å². The SMILES string of the molecule is CCNCc1ccc(Sc2ccc3c(c2)CCC3)c(Cl)c1. The Hall–Kier alpha value is -0.960. The standard InChI is InChI=1S/C18H20ClNS/c1-2-20-12-13-6-9-18(17(19)10-13)21-16-8-7-14-4-3-5-15(14)11-16/h6-11,20H,2-5,12H2,1H3. The zero-order chi connectivity index (χ0) is 14.7. The van der Waals surface area contributed by atoms with E-state index in [-0.39, 0.29) is 0 Å². The van der Waals surface area contributed by atoms with Crippen molar-refractivity contribution in [2.75, 3.05) is 6.54 Å². The van der Waals surface area contributed by atoms with Crippen LogP contribution in [0.25, 0.3) is 0 Å². The molecule has 0 saturated carbocycles. The average molecular weight is 318 g/mol. The van der Waals surface area contributed by atoms with Crippen molar-refractivity contribution in [2.24, 2.45) is 0 Å². The van der Waals surface area contributed by atoms with Gasteiger partial charge in [0.15, 0.2) is 0 Å². The Bertz CT molecular complexity index is 639. The summed E-state index contributed by atoms with van der Waals surface area (Å²) in [5.74, 6) is 0. The summed E-state index contributed by atoms with van der Waals surface area (Å²) in [7, 11) is 0. The third-order valence-corrected chi connectivity index (χ3v) is 5.36. The first kappa shape index (κ1) is 15.0. The highest BCUT2D eigenvalue weighted by atomic mass is 35.5. The van der Waals surface area contributed by atoms with Crippen molar-refractivity contribution in [3.8, 4) is 0 Å². The Kier molecular flexibility index (Phi) is 4.89. The smallest absolute Gasteiger partial charge is 0.0548 e. The monoisotopic (exact) mass is 317 g/mol. The number of rotatable bonds is 5. The van der Waals surface area contributed by atoms with Crippen LogP contribution in [-0.2, 0) is 19.4 Å². The summed E-state index contributed by atoms with van der Waals surface area (Å²) >= 11 is 8.19. The van der Waals surface area contributed by atoms with Crippen LogP contribution in [0.1, 0.15) is 30.0 Å². The van der Waals surface area contributed by atoms with E-state index in [0.717, 1.165) is 23.0 Å². The summed E-state index contributed by atoms with van der Waals surface area (Å²) in [5.41, 5.74) is 4.27. The molecule has 2 aromatic rings. The zero-order valence-electron chi connectivity index (χ0n) is 12.3. The van der Waals surface area contributed by atoms with Gasteiger partial charge in [0.05, 0.1) is 5.02 Å². The Morgan fingerprint density at radius 1 is 1.10 bits per heavy atom. The second kappa shape index (κ2) is 6.87. The summed E-state index contributed by atoms with van der Waals surface area (Å²) in [6.45, 7) is 3.96. The predicted octanol–water partition coefficient (Wildman–Crippen LogP) is 5.09. The molecule has 0 bridgehead atoms. The molecule has 0 aromatic heterocycles. The molecule has 1 nitrogen and oxygen atoms in total. The van der Waals surface area contributed by atoms with E-state index in [1.54, 1.807) is 11.8 Å². The molecule has 0 fully saturated rings. The van der Waals surface area contributed by atoms with Gasteiger partial charge in [-0.05, 0) is 66.8 Å². The van der Waals surface area contributed by atoms with Crippen LogP contribution in [0.4, 0.5) is 0 Å². The first-order chi connectivity index (χ1) is 10.3. The van der Waals surface area contributed by atoms with E-state index < -0.39 is 0 Å². The number of hydrogen-bond donors (Lipinski definition) is 1. The van der Waals surface area contributed by atoms with E-state index in [0.29, 0.717) is 0 Å². The number of halogens is 1. The first-order valence-electron chi connectivity index (χ1n) is 7.55. The maximum atomic E-state index is 6.43. The van der Waals surface area contributed by atoms with Crippen LogP contribution in [0, 0.1) is 0 Å². The molecule has 3 heteroatoms. The van der Waals surface area contributed by atoms with Crippen molar-refractivity contribution in [1.82, 2.24) is 5.32 Å². The molecule has 0 aliphatic heterocycles. The molecule has 2 aromatic carbocycles. The number of aryl methyl sites for hydroxylation is 2. The van der Waals surface area contributed by atoms with Gasteiger partial charge in [-0.3, -0.25) is 0 Å². The molecule has 1 aliphatic rings. The Morgan fingerprint density at radius 2 is 1.95 bits per heavy atom. The molecule has 110 valence electrons. The minimum absolute atomic E-state index is 0.843. The third-order valence-electron chi connectivity index (χ3n) is 3.87. The molecule has 1 aliphatic carbocycles. The molecule has 0 heterocycles. The molecule has 0 atom stereocenters. The van der Waals surface area contributed by atoms with E-state index >= 15 is 0 Å². The average Bonchev–Trinajstić information content (AvgIpc) is 2.95. The lowest BCUT2D eigenvalue weighted by Gasteiger charge is -2.09. The van der Waals surface area contributed by atoms with E-state index in [1.807, 2.05) is 0 Å². The second-order valence-electron chi connectivity index (χ2n) is 5.43. The van der Waals surface area contributed by atoms with E-state index in [1.165, 1.54) is 40.8 Å². The predicted molar refractivity (Wildman–Crippen MR) is 91.4 cm³/mol. The molecule has 0 unspecified atom stereocenters. The van der Waals surface area contributed by atoms with Gasteiger partial charge in [-0.15, -0.1) is 0 Å². The highest BCUT2D eigenvalue weighted by Crippen LogP contribution is 2.36. The Balaban J connectivity index is 1.75. The summed E-state index contributed by atoms with van der Waals surface area (Å²) in [4.78, 5) is 2.42. The topological polar surface area (TPSA) is 12.0 Å². The molecule has 3 rings (SSSR count). The Morgan fingerprint density at radius 3 is 2.76 bits per heavy atom. The van der Waals surface area contributed by atoms with Gasteiger partial charge in [-0.2, -0.15) is 0 Å². The van der Waals surface area contributed by atoms with E-state index in [2.05, 4.69) is 48.6 Å². The van der Waals surface area contributed by atoms with Crippen molar-refractivity contribution in [3.05, 3.63) is 58.1 Å². The van der Waals surface area contributed by atoms with Crippen molar-refractivity contribution in [3.63, 3.8) is 0 Å². The molecule has 21 heavy (non-hydrogen) atoms. The van der Waals surface area contributed by atoms with Gasteiger partial charge < -0.3 is 5.32 Å². The third kappa shape index (κ3) is 3.63. The fraction of sp³-hybridized carbons (Fsp3) is 0.333. The van der Waals surface area contributed by atoms with Crippen LogP contribution in [0.5, 0.6) is 0 Å². The van der Waals surface area contributed by atoms with Gasteiger partial charge in [-0.1, -0.05) is 42.4 Å². The van der Waals surface area contributed by atoms with E-state index in [9.17, 15) is 0 Å². The van der Waals surface area contributed by atoms with Gasteiger partial charge in [0.25, 0.3) is 0 Å². The zero-order valence-corrected chi connectivity index (χ0v) is 13.9. The van der Waals surface area contributed by atoms with Gasteiger partial charge in [-0.25, -0.2) is 0 Å². The number of nitrogens with one attached hydrogen (secondary N) is 1. The van der Waals surface area contributed by atoms with Crippen LogP contribution in [-0.4, -0.2) is 6.54 Å². The molecule has 1 N–H and O–H groups in total. The van der Waals surface area contributed by atoms with Crippen molar-refractivity contribution < 1.29 is 0 Å². The van der Waals surface area contributed by atoms with Gasteiger partial charge in [0.1, 0.15) is 0 Å². The largest absolute Gasteiger partial charge is 0.313 e. The minimum atomic E-state index is 0.843. The first-order valence-corrected chi connectivity index (χ1v) is 8.74. The number of fused-ring (bicyclic) bond motifs is 1. The van der Waals surface area contributed by atoms with Crippen LogP contribution in [0.2, 0.25) is 5.02 Å². The summed E-state index contributed by atoms with van der Waals surface area (Å²) < 4.78 is 0. The molecule has 0 radical (unpaired) electrons. The number of benzene rings is 2. The summed E-state index contributed by atoms with van der Waals surface area (Å²) in [6, 6.07) is 13.2. The van der Waals surface area contributed by atoms with Gasteiger partial charge in [0.2, 0.25) is 0 Å². The van der Waals surface area contributed by atoms with Crippen LogP contribution >= 0.6 is 23.4 Å². The normalized spacial score (nSPS) is 13.4. The lowest BCUT2D eigenvalue weighted by atomic mass is 10.1. The lowest BCUT2D eigenvalue weighted by molar-refractivity contribution is 0.726. The van der Waals surface area contributed by atoms with Gasteiger partial charge >= 0.3 is 0 Å². The highest BCUT2D eigenvalue weighted by Gasteiger charge is 2.12. The van der Waals surface area contributed by atoms with E-state index in [4.69, 9.17) is 11.6 Å². The minimum Gasteiger partial charge on any atom is -0.313 e. The quantitative estimate of drug-likeness (QED) is 0.824. The van der Waals surface area contributed by atoms with Crippen molar-refractivity contribution in [1.29, 1.82) is 0 Å². The molecular weight excluding hydrogens is 298 g/mol. The molecule has 0 saturated heterocycles. The van der Waals surface area contributed by atoms with Crippen molar-refractivity contribution >= 4 is 23.4 Å². The maximum absolute atomic E-state index is 6.43. The highest BCUT2D eigenvalue weighted by molar-refractivity contribution is 7.99. The van der Waals surface area contributed by atoms with Crippen molar-refractivity contribution in [2.45, 2.75) is 42.5 Å². The molecule has 0 spiro atoms.